The lowest BCUT2D eigenvalue weighted by Gasteiger charge is -1.98. The minimum atomic E-state index is 0.903. The standard InChI is InChI=1S/C7H16.C4H6/c1-4-5-6-7(2)3;1-3-4-2/h7H,4-6H2,1-3H3;1-2H3. The molecule has 0 bridgehead atoms. The molecule has 0 heteroatoms. The predicted molar refractivity (Wildman–Crippen MR) is 53.5 cm³/mol. The summed E-state index contributed by atoms with van der Waals surface area (Å²) >= 11 is 0. The van der Waals surface area contributed by atoms with Crippen molar-refractivity contribution in [1.82, 2.24) is 0 Å². The predicted octanol–water partition coefficient (Wildman–Crippen LogP) is 3.86. The fourth-order valence-corrected chi connectivity index (χ4v) is 0.612. The van der Waals surface area contributed by atoms with Crippen molar-refractivity contribution in [2.24, 2.45) is 5.92 Å². The molecule has 0 aromatic carbocycles. The molecule has 0 radical (unpaired) electrons. The van der Waals surface area contributed by atoms with Gasteiger partial charge in [-0.1, -0.05) is 40.0 Å². The molecule has 0 spiro atoms. The molecule has 0 rings (SSSR count). The van der Waals surface area contributed by atoms with Crippen molar-refractivity contribution in [3.63, 3.8) is 0 Å². The second kappa shape index (κ2) is 12.3. The third-order valence-corrected chi connectivity index (χ3v) is 1.39. The molecule has 66 valence electrons. The van der Waals surface area contributed by atoms with Gasteiger partial charge in [0, 0.05) is 0 Å². The van der Waals surface area contributed by atoms with Gasteiger partial charge in [0.05, 0.1) is 0 Å². The third kappa shape index (κ3) is 26.3. The maximum atomic E-state index is 2.68. The van der Waals surface area contributed by atoms with E-state index in [1.807, 2.05) is 13.8 Å². The summed E-state index contributed by atoms with van der Waals surface area (Å²) in [4.78, 5) is 0. The van der Waals surface area contributed by atoms with Crippen LogP contribution in [0.15, 0.2) is 0 Å². The molecule has 0 saturated carbocycles. The highest BCUT2D eigenvalue weighted by molar-refractivity contribution is 4.89. The minimum absolute atomic E-state index is 0.903. The van der Waals surface area contributed by atoms with Crippen LogP contribution in [0.1, 0.15) is 53.9 Å². The second-order valence-electron chi connectivity index (χ2n) is 3.04. The maximum Gasteiger partial charge on any atom is -0.00271 e. The first kappa shape index (κ1) is 13.2. The first-order valence-corrected chi connectivity index (χ1v) is 4.52. The molecule has 0 unspecified atom stereocenters. The highest BCUT2D eigenvalue weighted by Crippen LogP contribution is 2.04. The fourth-order valence-electron chi connectivity index (χ4n) is 0.612. The molecule has 11 heavy (non-hydrogen) atoms. The Hall–Kier alpha value is -0.440. The van der Waals surface area contributed by atoms with E-state index in [0.717, 1.165) is 5.92 Å². The Labute approximate surface area is 72.4 Å². The molecular formula is C11H22. The molecule has 0 nitrogen and oxygen atoms in total. The molecule has 0 atom stereocenters. The van der Waals surface area contributed by atoms with E-state index in [0.29, 0.717) is 0 Å². The zero-order chi connectivity index (χ0) is 9.11. The van der Waals surface area contributed by atoms with Gasteiger partial charge < -0.3 is 0 Å². The van der Waals surface area contributed by atoms with E-state index in [-0.39, 0.29) is 0 Å². The summed E-state index contributed by atoms with van der Waals surface area (Å²) in [5, 5.41) is 0. The van der Waals surface area contributed by atoms with Crippen LogP contribution in [0.2, 0.25) is 0 Å². The van der Waals surface area contributed by atoms with E-state index in [2.05, 4.69) is 32.6 Å². The van der Waals surface area contributed by atoms with Gasteiger partial charge in [-0.2, -0.15) is 0 Å². The smallest absolute Gasteiger partial charge is 0.00271 e. The van der Waals surface area contributed by atoms with Gasteiger partial charge >= 0.3 is 0 Å². The molecule has 0 aliphatic rings. The SMILES string of the molecule is CC#CC.CCCCC(C)C. The van der Waals surface area contributed by atoms with Gasteiger partial charge in [-0.25, -0.2) is 0 Å². The number of hydrogen-bond donors (Lipinski definition) is 0. The fraction of sp³-hybridized carbons (Fsp3) is 0.818. The Morgan fingerprint density at radius 2 is 1.55 bits per heavy atom. The molecule has 0 aromatic heterocycles. The zero-order valence-corrected chi connectivity index (χ0v) is 8.70. The number of rotatable bonds is 3. The molecule has 0 aliphatic heterocycles. The van der Waals surface area contributed by atoms with E-state index >= 15 is 0 Å². The first-order chi connectivity index (χ1) is 5.18. The summed E-state index contributed by atoms with van der Waals surface area (Å²) in [5.74, 6) is 6.26. The monoisotopic (exact) mass is 154 g/mol. The van der Waals surface area contributed by atoms with Gasteiger partial charge in [0.2, 0.25) is 0 Å². The lowest BCUT2D eigenvalue weighted by molar-refractivity contribution is 0.550. The van der Waals surface area contributed by atoms with Crippen LogP contribution in [0, 0.1) is 17.8 Å². The summed E-state index contributed by atoms with van der Waals surface area (Å²) < 4.78 is 0. The van der Waals surface area contributed by atoms with Crippen molar-refractivity contribution < 1.29 is 0 Å². The van der Waals surface area contributed by atoms with Crippen LogP contribution in [0.25, 0.3) is 0 Å². The lowest BCUT2D eigenvalue weighted by Crippen LogP contribution is -1.83. The van der Waals surface area contributed by atoms with Gasteiger partial charge in [0.15, 0.2) is 0 Å². The topological polar surface area (TPSA) is 0 Å². The van der Waals surface area contributed by atoms with E-state index < -0.39 is 0 Å². The summed E-state index contributed by atoms with van der Waals surface area (Å²) in [6.07, 6.45) is 4.15. The third-order valence-electron chi connectivity index (χ3n) is 1.39. The molecular weight excluding hydrogens is 132 g/mol. The second-order valence-corrected chi connectivity index (χ2v) is 3.04. The van der Waals surface area contributed by atoms with Gasteiger partial charge in [-0.3, -0.25) is 0 Å². The largest absolute Gasteiger partial charge is 0.107 e. The Balaban J connectivity index is 0. The van der Waals surface area contributed by atoms with Gasteiger partial charge in [0.25, 0.3) is 0 Å². The zero-order valence-electron chi connectivity index (χ0n) is 8.70. The minimum Gasteiger partial charge on any atom is -0.107 e. The van der Waals surface area contributed by atoms with Crippen molar-refractivity contribution in [1.29, 1.82) is 0 Å². The summed E-state index contributed by atoms with van der Waals surface area (Å²) in [5.41, 5.74) is 0. The quantitative estimate of drug-likeness (QED) is 0.541. The molecule has 0 N–H and O–H groups in total. The summed E-state index contributed by atoms with van der Waals surface area (Å²) in [6, 6.07) is 0. The molecule has 0 saturated heterocycles. The van der Waals surface area contributed by atoms with E-state index in [1.54, 1.807) is 0 Å². The van der Waals surface area contributed by atoms with Crippen molar-refractivity contribution in [3.05, 3.63) is 0 Å². The average Bonchev–Trinajstić information content (AvgIpc) is 2.01. The molecule has 0 fully saturated rings. The Kier molecular flexibility index (Phi) is 14.7. The number of hydrogen-bond acceptors (Lipinski definition) is 0. The van der Waals surface area contributed by atoms with Crippen molar-refractivity contribution in [2.45, 2.75) is 53.9 Å². The van der Waals surface area contributed by atoms with Gasteiger partial charge in [0.1, 0.15) is 0 Å². The van der Waals surface area contributed by atoms with Crippen LogP contribution in [-0.4, -0.2) is 0 Å². The van der Waals surface area contributed by atoms with Crippen LogP contribution in [-0.2, 0) is 0 Å². The van der Waals surface area contributed by atoms with Crippen LogP contribution < -0.4 is 0 Å². The Morgan fingerprint density at radius 3 is 1.64 bits per heavy atom. The van der Waals surface area contributed by atoms with Gasteiger partial charge in [-0.05, 0) is 19.8 Å². The van der Waals surface area contributed by atoms with E-state index in [9.17, 15) is 0 Å². The van der Waals surface area contributed by atoms with Crippen molar-refractivity contribution >= 4 is 0 Å². The number of unbranched alkanes of at least 4 members (excludes halogenated alkanes) is 1. The maximum absolute atomic E-state index is 2.68. The highest BCUT2D eigenvalue weighted by Gasteiger charge is 1.88. The van der Waals surface area contributed by atoms with Crippen LogP contribution in [0.5, 0.6) is 0 Å². The molecule has 0 aliphatic carbocycles. The Bertz CT molecular complexity index is 94.9. The molecule has 0 heterocycles. The van der Waals surface area contributed by atoms with Crippen LogP contribution >= 0.6 is 0 Å². The summed E-state index contributed by atoms with van der Waals surface area (Å²) in [7, 11) is 0. The molecule has 0 amide bonds. The lowest BCUT2D eigenvalue weighted by atomic mass is 10.1. The van der Waals surface area contributed by atoms with Crippen LogP contribution in [0.4, 0.5) is 0 Å². The van der Waals surface area contributed by atoms with E-state index in [1.165, 1.54) is 19.3 Å². The highest BCUT2D eigenvalue weighted by atomic mass is 13.9. The average molecular weight is 154 g/mol. The van der Waals surface area contributed by atoms with Crippen molar-refractivity contribution in [2.75, 3.05) is 0 Å². The first-order valence-electron chi connectivity index (χ1n) is 4.52. The van der Waals surface area contributed by atoms with Crippen LogP contribution in [0.3, 0.4) is 0 Å². The summed E-state index contributed by atoms with van der Waals surface area (Å²) in [6.45, 7) is 10.4. The van der Waals surface area contributed by atoms with Crippen molar-refractivity contribution in [3.8, 4) is 11.8 Å². The van der Waals surface area contributed by atoms with E-state index in [4.69, 9.17) is 0 Å². The molecule has 0 aromatic rings. The normalized spacial score (nSPS) is 7.82. The van der Waals surface area contributed by atoms with Gasteiger partial charge in [-0.15, -0.1) is 11.8 Å². The Morgan fingerprint density at radius 1 is 1.09 bits per heavy atom.